The minimum Gasteiger partial charge on any atom is -0.508 e. The summed E-state index contributed by atoms with van der Waals surface area (Å²) in [4.78, 5) is 14.2. The van der Waals surface area contributed by atoms with E-state index in [4.69, 9.17) is 5.73 Å². The molecule has 0 bridgehead atoms. The van der Waals surface area contributed by atoms with Gasteiger partial charge in [-0.3, -0.25) is 4.79 Å². The van der Waals surface area contributed by atoms with Crippen LogP contribution in [0.3, 0.4) is 0 Å². The number of carbonyl (C=O) groups is 1. The molecular weight excluding hydrogens is 268 g/mol. The third-order valence-corrected chi connectivity index (χ3v) is 3.13. The van der Waals surface area contributed by atoms with Crippen LogP contribution in [0.4, 0.5) is 11.4 Å². The summed E-state index contributed by atoms with van der Waals surface area (Å²) in [5.74, 6) is -0.648. The average Bonchev–Trinajstić information content (AvgIpc) is 2.47. The van der Waals surface area contributed by atoms with Crippen molar-refractivity contribution in [1.29, 1.82) is 0 Å². The lowest BCUT2D eigenvalue weighted by atomic mass is 10.1. The fraction of sp³-hybridized carbons (Fsp3) is 0.188. The first kappa shape index (κ1) is 14.7. The quantitative estimate of drug-likeness (QED) is 0.596. The lowest BCUT2D eigenvalue weighted by Gasteiger charge is -2.24. The van der Waals surface area contributed by atoms with Crippen LogP contribution in [0, 0.1) is 0 Å². The van der Waals surface area contributed by atoms with E-state index in [1.807, 2.05) is 6.92 Å². The molecule has 5 heteroatoms. The maximum atomic E-state index is 12.7. The molecule has 0 atom stereocenters. The van der Waals surface area contributed by atoms with E-state index in [1.165, 1.54) is 23.1 Å². The number of anilines is 2. The van der Waals surface area contributed by atoms with Gasteiger partial charge in [0.2, 0.25) is 0 Å². The minimum atomic E-state index is -0.400. The first-order valence-corrected chi connectivity index (χ1v) is 6.73. The van der Waals surface area contributed by atoms with Crippen molar-refractivity contribution in [2.75, 3.05) is 17.2 Å². The smallest absolute Gasteiger partial charge is 0.262 e. The number of nitrogen functional groups attached to an aromatic ring is 1. The second-order valence-corrected chi connectivity index (χ2v) is 4.72. The number of nitrogens with zero attached hydrogens (tertiary/aromatic N) is 1. The summed E-state index contributed by atoms with van der Waals surface area (Å²) in [6.07, 6.45) is 0.736. The number of hydrogen-bond donors (Lipinski definition) is 3. The molecule has 0 saturated carbocycles. The van der Waals surface area contributed by atoms with E-state index in [0.717, 1.165) is 6.42 Å². The van der Waals surface area contributed by atoms with Crippen LogP contribution in [0.1, 0.15) is 23.7 Å². The van der Waals surface area contributed by atoms with E-state index in [1.54, 1.807) is 24.3 Å². The van der Waals surface area contributed by atoms with Gasteiger partial charge in [0.25, 0.3) is 5.91 Å². The summed E-state index contributed by atoms with van der Waals surface area (Å²) < 4.78 is 0. The van der Waals surface area contributed by atoms with E-state index in [-0.39, 0.29) is 17.1 Å². The van der Waals surface area contributed by atoms with Crippen LogP contribution in [0.25, 0.3) is 0 Å². The first-order chi connectivity index (χ1) is 10.0. The van der Waals surface area contributed by atoms with Crippen LogP contribution in [-0.4, -0.2) is 22.7 Å². The molecule has 0 spiro atoms. The van der Waals surface area contributed by atoms with Gasteiger partial charge in [-0.15, -0.1) is 0 Å². The number of phenols is 2. The van der Waals surface area contributed by atoms with Gasteiger partial charge in [0, 0.05) is 6.54 Å². The molecule has 0 aromatic heterocycles. The number of phenolic OH excluding ortho intramolecular Hbond substituents is 2. The molecule has 0 fully saturated rings. The molecular formula is C16H18N2O3. The van der Waals surface area contributed by atoms with Crippen LogP contribution < -0.4 is 10.6 Å². The lowest BCUT2D eigenvalue weighted by Crippen LogP contribution is -2.32. The number of benzene rings is 2. The highest BCUT2D eigenvalue weighted by Crippen LogP contribution is 2.28. The van der Waals surface area contributed by atoms with Gasteiger partial charge in [-0.2, -0.15) is 0 Å². The standard InChI is InChI=1S/C16H18N2O3/c1-2-9-18(14-6-4-3-5-13(14)17)16(21)12-10-11(19)7-8-15(12)20/h3-8,10,19-20H,2,9,17H2,1H3. The molecule has 5 nitrogen and oxygen atoms in total. The summed E-state index contributed by atoms with van der Waals surface area (Å²) in [5.41, 5.74) is 7.05. The van der Waals surface area contributed by atoms with Gasteiger partial charge in [0.1, 0.15) is 11.5 Å². The molecule has 1 amide bonds. The Morgan fingerprint density at radius 3 is 2.57 bits per heavy atom. The minimum absolute atomic E-state index is 0.0479. The van der Waals surface area contributed by atoms with Crippen molar-refractivity contribution in [3.8, 4) is 11.5 Å². The Bertz CT molecular complexity index is 656. The fourth-order valence-corrected chi connectivity index (χ4v) is 2.13. The highest BCUT2D eigenvalue weighted by molar-refractivity contribution is 6.09. The third kappa shape index (κ3) is 3.08. The predicted octanol–water partition coefficient (Wildman–Crippen LogP) is 2.74. The van der Waals surface area contributed by atoms with Crippen molar-refractivity contribution < 1.29 is 15.0 Å². The maximum absolute atomic E-state index is 12.7. The zero-order valence-electron chi connectivity index (χ0n) is 11.8. The topological polar surface area (TPSA) is 86.8 Å². The van der Waals surface area contributed by atoms with Gasteiger partial charge in [-0.25, -0.2) is 0 Å². The summed E-state index contributed by atoms with van der Waals surface area (Å²) in [6.45, 7) is 2.41. The van der Waals surface area contributed by atoms with Crippen molar-refractivity contribution in [2.24, 2.45) is 0 Å². The van der Waals surface area contributed by atoms with Crippen molar-refractivity contribution in [3.05, 3.63) is 48.0 Å². The zero-order valence-corrected chi connectivity index (χ0v) is 11.8. The van der Waals surface area contributed by atoms with E-state index in [0.29, 0.717) is 17.9 Å². The molecule has 2 aromatic rings. The zero-order chi connectivity index (χ0) is 15.4. The molecule has 0 aliphatic heterocycles. The van der Waals surface area contributed by atoms with Gasteiger partial charge < -0.3 is 20.8 Å². The molecule has 0 unspecified atom stereocenters. The van der Waals surface area contributed by atoms with E-state index in [9.17, 15) is 15.0 Å². The van der Waals surface area contributed by atoms with Crippen molar-refractivity contribution >= 4 is 17.3 Å². The van der Waals surface area contributed by atoms with Crippen molar-refractivity contribution in [3.63, 3.8) is 0 Å². The van der Waals surface area contributed by atoms with E-state index in [2.05, 4.69) is 0 Å². The Hall–Kier alpha value is -2.69. The molecule has 4 N–H and O–H groups in total. The summed E-state index contributed by atoms with van der Waals surface area (Å²) in [6, 6.07) is 10.9. The van der Waals surface area contributed by atoms with E-state index >= 15 is 0 Å². The van der Waals surface area contributed by atoms with Gasteiger partial charge in [-0.05, 0) is 36.8 Å². The van der Waals surface area contributed by atoms with Crippen molar-refractivity contribution in [1.82, 2.24) is 0 Å². The highest BCUT2D eigenvalue weighted by Gasteiger charge is 2.21. The SMILES string of the molecule is CCCN(C(=O)c1cc(O)ccc1O)c1ccccc1N. The third-order valence-electron chi connectivity index (χ3n) is 3.13. The molecule has 110 valence electrons. The molecule has 0 aliphatic carbocycles. The second-order valence-electron chi connectivity index (χ2n) is 4.72. The van der Waals surface area contributed by atoms with Crippen LogP contribution >= 0.6 is 0 Å². The number of carbonyl (C=O) groups excluding carboxylic acids is 1. The first-order valence-electron chi connectivity index (χ1n) is 6.73. The molecule has 0 aliphatic rings. The Labute approximate surface area is 123 Å². The summed E-state index contributed by atoms with van der Waals surface area (Å²) >= 11 is 0. The summed E-state index contributed by atoms with van der Waals surface area (Å²) in [5, 5.41) is 19.4. The molecule has 0 radical (unpaired) electrons. The molecule has 2 aromatic carbocycles. The van der Waals surface area contributed by atoms with Crippen LogP contribution in [0.15, 0.2) is 42.5 Å². The van der Waals surface area contributed by atoms with E-state index < -0.39 is 5.91 Å². The van der Waals surface area contributed by atoms with Crippen LogP contribution in [0.2, 0.25) is 0 Å². The molecule has 0 heterocycles. The lowest BCUT2D eigenvalue weighted by molar-refractivity contribution is 0.0984. The van der Waals surface area contributed by atoms with Gasteiger partial charge in [0.05, 0.1) is 16.9 Å². The number of para-hydroxylation sites is 2. The Morgan fingerprint density at radius 1 is 1.19 bits per heavy atom. The monoisotopic (exact) mass is 286 g/mol. The van der Waals surface area contributed by atoms with Gasteiger partial charge in [0.15, 0.2) is 0 Å². The number of nitrogens with two attached hydrogens (primary N) is 1. The normalized spacial score (nSPS) is 10.3. The highest BCUT2D eigenvalue weighted by atomic mass is 16.3. The summed E-state index contributed by atoms with van der Waals surface area (Å²) in [7, 11) is 0. The fourth-order valence-electron chi connectivity index (χ4n) is 2.13. The maximum Gasteiger partial charge on any atom is 0.262 e. The van der Waals surface area contributed by atoms with Gasteiger partial charge in [-0.1, -0.05) is 19.1 Å². The average molecular weight is 286 g/mol. The Morgan fingerprint density at radius 2 is 1.90 bits per heavy atom. The number of hydrogen-bond acceptors (Lipinski definition) is 4. The number of rotatable bonds is 4. The largest absolute Gasteiger partial charge is 0.508 e. The Balaban J connectivity index is 2.45. The molecule has 21 heavy (non-hydrogen) atoms. The number of aromatic hydroxyl groups is 2. The van der Waals surface area contributed by atoms with Crippen LogP contribution in [0.5, 0.6) is 11.5 Å². The Kier molecular flexibility index (Phi) is 4.33. The number of amides is 1. The van der Waals surface area contributed by atoms with Crippen molar-refractivity contribution in [2.45, 2.75) is 13.3 Å². The molecule has 0 saturated heterocycles. The second kappa shape index (κ2) is 6.17. The van der Waals surface area contributed by atoms with Gasteiger partial charge >= 0.3 is 0 Å². The predicted molar refractivity (Wildman–Crippen MR) is 82.6 cm³/mol. The van der Waals surface area contributed by atoms with Crippen LogP contribution in [-0.2, 0) is 0 Å². The molecule has 2 rings (SSSR count).